The van der Waals surface area contributed by atoms with Crippen LogP contribution in [0.1, 0.15) is 24.1 Å². The average Bonchev–Trinajstić information content (AvgIpc) is 3.49. The van der Waals surface area contributed by atoms with Gasteiger partial charge in [-0.05, 0) is 93.4 Å². The Morgan fingerprint density at radius 3 is 1.94 bits per heavy atom. The van der Waals surface area contributed by atoms with Gasteiger partial charge in [0, 0.05) is 36.5 Å². The number of rotatable bonds is 7. The maximum Gasteiger partial charge on any atom is 0.160 e. The van der Waals surface area contributed by atoms with Gasteiger partial charge in [0.15, 0.2) is 5.82 Å². The summed E-state index contributed by atoms with van der Waals surface area (Å²) in [5.74, 6) is 7.00. The second kappa shape index (κ2) is 13.7. The van der Waals surface area contributed by atoms with E-state index in [-0.39, 0.29) is 0 Å². The van der Waals surface area contributed by atoms with E-state index in [4.69, 9.17) is 15.0 Å². The van der Waals surface area contributed by atoms with E-state index in [2.05, 4.69) is 126 Å². The first kappa shape index (κ1) is 29.9. The molecule has 0 N–H and O–H groups in total. The molecule has 0 atom stereocenters. The molecule has 2 aliphatic rings. The van der Waals surface area contributed by atoms with Crippen LogP contribution in [0.3, 0.4) is 0 Å². The van der Waals surface area contributed by atoms with E-state index in [1.54, 1.807) is 6.20 Å². The van der Waals surface area contributed by atoms with E-state index in [0.29, 0.717) is 12.2 Å². The van der Waals surface area contributed by atoms with Gasteiger partial charge >= 0.3 is 0 Å². The van der Waals surface area contributed by atoms with E-state index < -0.39 is 0 Å². The Kier molecular flexibility index (Phi) is 8.39. The smallest absolute Gasteiger partial charge is 0.160 e. The standard InChI is InChI=1S/C45H32N4/c1-2-5-12-35(11-4-1)43-30-44(36-13-6-3-7-14-36)49-45(48-43)41-28-39(33-19-17-32(18-20-33)38-15-10-25-46-31-38)27-40(29-41)34-21-23-37(24-22-34)42-16-8-9-26-47-42/h1,3-4,6-8,10-11,13-25,27-31H,9,12,26H2. The lowest BCUT2D eigenvalue weighted by Gasteiger charge is -2.14. The molecule has 0 bridgehead atoms. The summed E-state index contributed by atoms with van der Waals surface area (Å²) in [5.41, 5.74) is 13.6. The van der Waals surface area contributed by atoms with Crippen molar-refractivity contribution in [2.75, 3.05) is 6.54 Å². The molecule has 0 saturated carbocycles. The molecule has 0 spiro atoms. The summed E-state index contributed by atoms with van der Waals surface area (Å²) < 4.78 is 0. The lowest BCUT2D eigenvalue weighted by atomic mass is 9.94. The zero-order chi connectivity index (χ0) is 32.8. The second-order valence-electron chi connectivity index (χ2n) is 12.0. The van der Waals surface area contributed by atoms with Crippen LogP contribution in [0.25, 0.3) is 61.6 Å². The third-order valence-corrected chi connectivity index (χ3v) is 8.75. The maximum absolute atomic E-state index is 5.18. The fourth-order valence-electron chi connectivity index (χ4n) is 6.16. The highest BCUT2D eigenvalue weighted by atomic mass is 14.9. The monoisotopic (exact) mass is 628 g/mol. The van der Waals surface area contributed by atoms with Crippen LogP contribution in [0.2, 0.25) is 0 Å². The summed E-state index contributed by atoms with van der Waals surface area (Å²) in [6, 6.07) is 40.4. The normalized spacial score (nSPS) is 13.6. The van der Waals surface area contributed by atoms with Crippen LogP contribution in [0.5, 0.6) is 0 Å². The van der Waals surface area contributed by atoms with Gasteiger partial charge < -0.3 is 0 Å². The van der Waals surface area contributed by atoms with Crippen molar-refractivity contribution in [1.29, 1.82) is 0 Å². The Bertz CT molecular complexity index is 2320. The Morgan fingerprint density at radius 2 is 1.24 bits per heavy atom. The minimum atomic E-state index is 0.624. The van der Waals surface area contributed by atoms with E-state index in [1.165, 1.54) is 0 Å². The molecule has 232 valence electrons. The molecule has 6 aromatic rings. The first-order valence-corrected chi connectivity index (χ1v) is 16.5. The summed E-state index contributed by atoms with van der Waals surface area (Å²) in [5, 5.41) is 0. The SMILES string of the molecule is C1#CCC(c2cc(-c3ccccc3)nc(-c3cc(-c4ccc(C5=NCCC=C5)cc4)cc(-c4ccc(-c5cccnc5)cc4)c3)n2)=CC=C1. The molecule has 0 unspecified atom stereocenters. The van der Waals surface area contributed by atoms with Crippen molar-refractivity contribution < 1.29 is 0 Å². The summed E-state index contributed by atoms with van der Waals surface area (Å²) in [4.78, 5) is 19.4. The highest BCUT2D eigenvalue weighted by Crippen LogP contribution is 2.35. The van der Waals surface area contributed by atoms with Gasteiger partial charge in [-0.2, -0.15) is 0 Å². The fourth-order valence-corrected chi connectivity index (χ4v) is 6.16. The molecule has 4 nitrogen and oxygen atoms in total. The van der Waals surface area contributed by atoms with E-state index in [1.807, 2.05) is 42.6 Å². The van der Waals surface area contributed by atoms with Crippen molar-refractivity contribution in [2.24, 2.45) is 4.99 Å². The predicted octanol–water partition coefficient (Wildman–Crippen LogP) is 10.3. The van der Waals surface area contributed by atoms with Crippen molar-refractivity contribution in [3.8, 4) is 67.9 Å². The first-order chi connectivity index (χ1) is 24.3. The number of dihydropyridines is 1. The van der Waals surface area contributed by atoms with Crippen LogP contribution >= 0.6 is 0 Å². The Morgan fingerprint density at radius 1 is 0.571 bits per heavy atom. The van der Waals surface area contributed by atoms with Gasteiger partial charge in [-0.25, -0.2) is 9.97 Å². The lowest BCUT2D eigenvalue weighted by Crippen LogP contribution is -2.02. The summed E-state index contributed by atoms with van der Waals surface area (Å²) >= 11 is 0. The molecule has 0 saturated heterocycles. The number of benzene rings is 4. The number of aliphatic imine (C=N–C) groups is 1. The zero-order valence-electron chi connectivity index (χ0n) is 26.9. The predicted molar refractivity (Wildman–Crippen MR) is 202 cm³/mol. The molecule has 0 fully saturated rings. The topological polar surface area (TPSA) is 51.0 Å². The molecule has 4 heteroatoms. The van der Waals surface area contributed by atoms with E-state index in [9.17, 15) is 0 Å². The van der Waals surface area contributed by atoms with E-state index >= 15 is 0 Å². The lowest BCUT2D eigenvalue weighted by molar-refractivity contribution is 0.994. The van der Waals surface area contributed by atoms with Crippen LogP contribution < -0.4 is 0 Å². The van der Waals surface area contributed by atoms with Crippen molar-refractivity contribution in [1.82, 2.24) is 15.0 Å². The number of hydrogen-bond acceptors (Lipinski definition) is 4. The number of hydrogen-bond donors (Lipinski definition) is 0. The minimum Gasteiger partial charge on any atom is -0.284 e. The molecule has 1 aliphatic carbocycles. The van der Waals surface area contributed by atoms with Gasteiger partial charge in [-0.15, -0.1) is 0 Å². The molecule has 1 aliphatic heterocycles. The molecular formula is C45H32N4. The van der Waals surface area contributed by atoms with Crippen molar-refractivity contribution in [3.63, 3.8) is 0 Å². The van der Waals surface area contributed by atoms with Crippen molar-refractivity contribution in [2.45, 2.75) is 12.8 Å². The van der Waals surface area contributed by atoms with Crippen molar-refractivity contribution >= 4 is 11.3 Å². The Hall–Kier alpha value is -6.44. The fraction of sp³-hybridized carbons (Fsp3) is 0.0667. The number of nitrogens with zero attached hydrogens (tertiary/aromatic N) is 4. The van der Waals surface area contributed by atoms with Crippen LogP contribution in [0, 0.1) is 11.8 Å². The van der Waals surface area contributed by atoms with Gasteiger partial charge in [0.05, 0.1) is 17.1 Å². The number of aromatic nitrogens is 3. The Balaban J connectivity index is 1.27. The molecule has 3 heterocycles. The average molecular weight is 629 g/mol. The quantitative estimate of drug-likeness (QED) is 0.165. The molecule has 4 aromatic carbocycles. The highest BCUT2D eigenvalue weighted by molar-refractivity contribution is 6.09. The molecule has 2 aromatic heterocycles. The second-order valence-corrected chi connectivity index (χ2v) is 12.0. The van der Waals surface area contributed by atoms with Crippen LogP contribution in [0.15, 0.2) is 163 Å². The summed E-state index contributed by atoms with van der Waals surface area (Å²) in [7, 11) is 0. The zero-order valence-corrected chi connectivity index (χ0v) is 26.9. The number of pyridine rings is 1. The third kappa shape index (κ3) is 6.70. The minimum absolute atomic E-state index is 0.624. The molecular weight excluding hydrogens is 597 g/mol. The molecule has 8 rings (SSSR count). The largest absolute Gasteiger partial charge is 0.284 e. The van der Waals surface area contributed by atoms with E-state index in [0.717, 1.165) is 85.7 Å². The summed E-state index contributed by atoms with van der Waals surface area (Å²) in [6.07, 6.45) is 15.6. The van der Waals surface area contributed by atoms with Gasteiger partial charge in [0.1, 0.15) is 0 Å². The molecule has 49 heavy (non-hydrogen) atoms. The maximum atomic E-state index is 5.18. The number of allylic oxidation sites excluding steroid dienone is 5. The third-order valence-electron chi connectivity index (χ3n) is 8.75. The first-order valence-electron chi connectivity index (χ1n) is 16.5. The van der Waals surface area contributed by atoms with Crippen molar-refractivity contribution in [3.05, 3.63) is 169 Å². The van der Waals surface area contributed by atoms with Crippen LogP contribution in [-0.4, -0.2) is 27.2 Å². The molecule has 0 amide bonds. The highest BCUT2D eigenvalue weighted by Gasteiger charge is 2.15. The Labute approximate surface area is 287 Å². The van der Waals surface area contributed by atoms with Gasteiger partial charge in [0.2, 0.25) is 0 Å². The van der Waals surface area contributed by atoms with Crippen LogP contribution in [0.4, 0.5) is 0 Å². The summed E-state index contributed by atoms with van der Waals surface area (Å²) in [6.45, 7) is 0.836. The van der Waals surface area contributed by atoms with Gasteiger partial charge in [-0.1, -0.05) is 115 Å². The van der Waals surface area contributed by atoms with Gasteiger partial charge in [-0.3, -0.25) is 9.98 Å². The van der Waals surface area contributed by atoms with Gasteiger partial charge in [0.25, 0.3) is 0 Å². The molecule has 0 radical (unpaired) electrons. The van der Waals surface area contributed by atoms with Crippen LogP contribution in [-0.2, 0) is 0 Å².